The van der Waals surface area contributed by atoms with Crippen molar-refractivity contribution in [2.24, 2.45) is 5.73 Å². The maximum Gasteiger partial charge on any atom is 0.408 e. The number of piperidine rings is 1. The Morgan fingerprint density at radius 2 is 1.82 bits per heavy atom. The Hall–Kier alpha value is -3.50. The molecule has 2 rings (SSSR count). The third-order valence-electron chi connectivity index (χ3n) is 5.39. The van der Waals surface area contributed by atoms with Crippen LogP contribution in [0.4, 0.5) is 14.4 Å². The molecule has 11 heteroatoms. The maximum absolute atomic E-state index is 13.1. The number of primary amides is 1. The molecule has 1 aliphatic heterocycles. The van der Waals surface area contributed by atoms with Gasteiger partial charge in [0.25, 0.3) is 0 Å². The van der Waals surface area contributed by atoms with Gasteiger partial charge >= 0.3 is 18.2 Å². The summed E-state index contributed by atoms with van der Waals surface area (Å²) in [5.74, 6) is -0.187. The number of hydrogen-bond acceptors (Lipinski definition) is 5. The van der Waals surface area contributed by atoms with Crippen molar-refractivity contribution < 1.29 is 23.9 Å². The molecule has 0 bridgehead atoms. The van der Waals surface area contributed by atoms with Gasteiger partial charge in [0.15, 0.2) is 0 Å². The summed E-state index contributed by atoms with van der Waals surface area (Å²) in [7, 11) is 1.56. The molecule has 6 amide bonds. The first kappa shape index (κ1) is 25.8. The number of carbonyl (C=O) groups excluding carboxylic acids is 4. The quantitative estimate of drug-likeness (QED) is 0.329. The molecule has 0 aliphatic carbocycles. The number of hydrogen-bond donors (Lipinski definition) is 5. The molecule has 1 aliphatic rings. The van der Waals surface area contributed by atoms with Gasteiger partial charge in [-0.2, -0.15) is 0 Å². The molecule has 182 valence electrons. The van der Waals surface area contributed by atoms with Gasteiger partial charge in [0.05, 0.1) is 0 Å². The number of carbonyl (C=O) groups is 4. The zero-order valence-corrected chi connectivity index (χ0v) is 19.0. The van der Waals surface area contributed by atoms with E-state index in [1.165, 1.54) is 0 Å². The molecule has 0 saturated carbocycles. The molecule has 33 heavy (non-hydrogen) atoms. The first-order valence-corrected chi connectivity index (χ1v) is 11.2. The van der Waals surface area contributed by atoms with E-state index >= 15 is 0 Å². The number of benzene rings is 1. The first-order valence-electron chi connectivity index (χ1n) is 11.2. The number of unbranched alkanes of at least 4 members (excludes halogenated alkanes) is 1. The Labute approximate surface area is 193 Å². The van der Waals surface area contributed by atoms with Crippen molar-refractivity contribution in [1.82, 2.24) is 26.2 Å². The van der Waals surface area contributed by atoms with Crippen molar-refractivity contribution in [3.05, 3.63) is 35.9 Å². The second-order valence-electron chi connectivity index (χ2n) is 7.87. The molecule has 0 radical (unpaired) electrons. The number of nitrogens with one attached hydrogen (secondary N) is 4. The van der Waals surface area contributed by atoms with Gasteiger partial charge in [0.2, 0.25) is 5.91 Å². The lowest BCUT2D eigenvalue weighted by Crippen LogP contribution is -2.53. The van der Waals surface area contributed by atoms with E-state index in [4.69, 9.17) is 10.5 Å². The fraction of sp³-hybridized carbons (Fsp3) is 0.545. The summed E-state index contributed by atoms with van der Waals surface area (Å²) in [5.41, 5.74) is 5.91. The minimum atomic E-state index is -0.745. The van der Waals surface area contributed by atoms with E-state index in [9.17, 15) is 19.2 Å². The summed E-state index contributed by atoms with van der Waals surface area (Å²) in [4.78, 5) is 49.5. The molecule has 1 saturated heterocycles. The smallest absolute Gasteiger partial charge is 0.408 e. The highest BCUT2D eigenvalue weighted by Gasteiger charge is 2.30. The topological polar surface area (TPSA) is 155 Å². The molecule has 6 N–H and O–H groups in total. The summed E-state index contributed by atoms with van der Waals surface area (Å²) in [6.07, 6.45) is 2.22. The van der Waals surface area contributed by atoms with E-state index in [2.05, 4.69) is 21.3 Å². The second kappa shape index (κ2) is 13.8. The monoisotopic (exact) mass is 462 g/mol. The van der Waals surface area contributed by atoms with Crippen molar-refractivity contribution in [3.8, 4) is 0 Å². The number of amides is 6. The molecular weight excluding hydrogens is 428 g/mol. The SMILES string of the molecule is CNC(=O)NC1CCN(C(=O)C(CCCCNC(N)=O)NC(=O)OCc2ccccc2)CC1. The van der Waals surface area contributed by atoms with E-state index in [0.717, 1.165) is 5.56 Å². The summed E-state index contributed by atoms with van der Waals surface area (Å²) in [6, 6.07) is 7.68. The average molecular weight is 463 g/mol. The molecule has 1 heterocycles. The summed E-state index contributed by atoms with van der Waals surface area (Å²) >= 11 is 0. The van der Waals surface area contributed by atoms with E-state index in [1.54, 1.807) is 11.9 Å². The predicted molar refractivity (Wildman–Crippen MR) is 122 cm³/mol. The lowest BCUT2D eigenvalue weighted by Gasteiger charge is -2.34. The maximum atomic E-state index is 13.1. The highest BCUT2D eigenvalue weighted by molar-refractivity contribution is 5.85. The van der Waals surface area contributed by atoms with Crippen LogP contribution in [-0.2, 0) is 16.1 Å². The van der Waals surface area contributed by atoms with Crippen LogP contribution < -0.4 is 27.0 Å². The zero-order chi connectivity index (χ0) is 24.1. The number of urea groups is 2. The Morgan fingerprint density at radius 1 is 1.12 bits per heavy atom. The Morgan fingerprint density at radius 3 is 2.45 bits per heavy atom. The van der Waals surface area contributed by atoms with Crippen LogP contribution in [0.5, 0.6) is 0 Å². The minimum absolute atomic E-state index is 0.00359. The molecule has 11 nitrogen and oxygen atoms in total. The van der Waals surface area contributed by atoms with Gasteiger partial charge in [-0.15, -0.1) is 0 Å². The lowest BCUT2D eigenvalue weighted by molar-refractivity contribution is -0.134. The normalized spacial score (nSPS) is 14.6. The number of alkyl carbamates (subject to hydrolysis) is 1. The van der Waals surface area contributed by atoms with E-state index < -0.39 is 18.2 Å². The van der Waals surface area contributed by atoms with Gasteiger partial charge in [0.1, 0.15) is 12.6 Å². The Bertz CT molecular complexity index is 783. The van der Waals surface area contributed by atoms with Crippen LogP contribution in [0.2, 0.25) is 0 Å². The first-order chi connectivity index (χ1) is 15.9. The van der Waals surface area contributed by atoms with Gasteiger partial charge < -0.3 is 36.6 Å². The van der Waals surface area contributed by atoms with E-state index in [-0.39, 0.29) is 24.6 Å². The second-order valence-corrected chi connectivity index (χ2v) is 7.87. The van der Waals surface area contributed by atoms with Crippen LogP contribution in [0, 0.1) is 0 Å². The standard InChI is InChI=1S/C22H34N6O5/c1-24-21(31)26-17-10-13-28(14-11-17)19(29)18(9-5-6-12-25-20(23)30)27-22(32)33-15-16-7-3-2-4-8-16/h2-4,7-8,17-18H,5-6,9-15H2,1H3,(H,27,32)(H3,23,25,30)(H2,24,26,31). The molecule has 1 aromatic carbocycles. The number of nitrogens with two attached hydrogens (primary N) is 1. The molecular formula is C22H34N6O5. The van der Waals surface area contributed by atoms with Crippen molar-refractivity contribution in [2.75, 3.05) is 26.7 Å². The summed E-state index contributed by atoms with van der Waals surface area (Å²) in [6.45, 7) is 1.46. The van der Waals surface area contributed by atoms with Crippen molar-refractivity contribution in [1.29, 1.82) is 0 Å². The van der Waals surface area contributed by atoms with Crippen molar-refractivity contribution >= 4 is 24.1 Å². The molecule has 0 spiro atoms. The van der Waals surface area contributed by atoms with Crippen molar-refractivity contribution in [3.63, 3.8) is 0 Å². The number of rotatable bonds is 10. The lowest BCUT2D eigenvalue weighted by atomic mass is 10.0. The fourth-order valence-electron chi connectivity index (χ4n) is 3.57. The third-order valence-corrected chi connectivity index (χ3v) is 5.39. The Balaban J connectivity index is 1.88. The molecule has 0 aromatic heterocycles. The van der Waals surface area contributed by atoms with Gasteiger partial charge in [0, 0.05) is 32.7 Å². The van der Waals surface area contributed by atoms with Crippen molar-refractivity contribution in [2.45, 2.75) is 50.8 Å². The van der Waals surface area contributed by atoms with Gasteiger partial charge in [-0.1, -0.05) is 30.3 Å². The van der Waals surface area contributed by atoms with E-state index in [0.29, 0.717) is 51.7 Å². The van der Waals surface area contributed by atoms with Crippen LogP contribution in [0.25, 0.3) is 0 Å². The fourth-order valence-corrected chi connectivity index (χ4v) is 3.57. The molecule has 1 atom stereocenters. The van der Waals surface area contributed by atoms with Crippen LogP contribution in [0.3, 0.4) is 0 Å². The van der Waals surface area contributed by atoms with Crippen LogP contribution in [0.1, 0.15) is 37.7 Å². The van der Waals surface area contributed by atoms with Gasteiger partial charge in [-0.05, 0) is 37.7 Å². The van der Waals surface area contributed by atoms with E-state index in [1.807, 2.05) is 30.3 Å². The predicted octanol–water partition coefficient (Wildman–Crippen LogP) is 1.04. The highest BCUT2D eigenvalue weighted by Crippen LogP contribution is 2.14. The van der Waals surface area contributed by atoms with Crippen LogP contribution in [0.15, 0.2) is 30.3 Å². The third kappa shape index (κ3) is 9.67. The van der Waals surface area contributed by atoms with Gasteiger partial charge in [-0.25, -0.2) is 14.4 Å². The van der Waals surface area contributed by atoms with Crippen LogP contribution >= 0.6 is 0 Å². The Kier molecular flexibility index (Phi) is 10.8. The zero-order valence-electron chi connectivity index (χ0n) is 19.0. The summed E-state index contributed by atoms with van der Waals surface area (Å²) < 4.78 is 5.28. The molecule has 1 unspecified atom stereocenters. The van der Waals surface area contributed by atoms with Gasteiger partial charge in [-0.3, -0.25) is 4.79 Å². The molecule has 1 aromatic rings. The van der Waals surface area contributed by atoms with Crippen LogP contribution in [-0.4, -0.2) is 67.7 Å². The highest BCUT2D eigenvalue weighted by atomic mass is 16.5. The summed E-state index contributed by atoms with van der Waals surface area (Å²) in [5, 5.41) is 10.6. The number of nitrogens with zero attached hydrogens (tertiary/aromatic N) is 1. The minimum Gasteiger partial charge on any atom is -0.445 e. The number of likely N-dealkylation sites (tertiary alicyclic amines) is 1. The number of ether oxygens (including phenoxy) is 1. The average Bonchev–Trinajstić information content (AvgIpc) is 2.82. The largest absolute Gasteiger partial charge is 0.445 e. The molecule has 1 fully saturated rings.